The molecule has 1 aliphatic rings. The standard InChI is InChI=1S/C13H17BrN2O3S/c1-2-9-8-10(14)5-6-12(9)20(18,19)16-7-3-4-11(16)13(15)17/h5-6,8,11H,2-4,7H2,1H3,(H2,15,17). The molecule has 0 radical (unpaired) electrons. The maximum absolute atomic E-state index is 12.7. The van der Waals surface area contributed by atoms with Crippen LogP contribution in [0.15, 0.2) is 27.6 Å². The van der Waals surface area contributed by atoms with E-state index in [0.29, 0.717) is 25.8 Å². The maximum atomic E-state index is 12.7. The number of hydrogen-bond acceptors (Lipinski definition) is 3. The van der Waals surface area contributed by atoms with Crippen LogP contribution in [-0.4, -0.2) is 31.2 Å². The molecule has 1 aromatic rings. The monoisotopic (exact) mass is 360 g/mol. The molecule has 1 aromatic carbocycles. The molecule has 0 aliphatic carbocycles. The van der Waals surface area contributed by atoms with Gasteiger partial charge in [-0.25, -0.2) is 8.42 Å². The van der Waals surface area contributed by atoms with E-state index in [1.807, 2.05) is 6.92 Å². The molecule has 5 nitrogen and oxygen atoms in total. The Kier molecular flexibility index (Phi) is 4.51. The minimum absolute atomic E-state index is 0.261. The third-order valence-corrected chi connectivity index (χ3v) is 6.02. The molecule has 1 atom stereocenters. The summed E-state index contributed by atoms with van der Waals surface area (Å²) in [5.41, 5.74) is 6.04. The van der Waals surface area contributed by atoms with Crippen LogP contribution in [0.1, 0.15) is 25.3 Å². The largest absolute Gasteiger partial charge is 0.368 e. The lowest BCUT2D eigenvalue weighted by atomic mass is 10.2. The highest BCUT2D eigenvalue weighted by Crippen LogP contribution is 2.29. The van der Waals surface area contributed by atoms with Gasteiger partial charge < -0.3 is 5.73 Å². The number of nitrogens with zero attached hydrogens (tertiary/aromatic N) is 1. The van der Waals surface area contributed by atoms with Crippen LogP contribution in [0, 0.1) is 0 Å². The van der Waals surface area contributed by atoms with Gasteiger partial charge in [-0.3, -0.25) is 4.79 Å². The Morgan fingerprint density at radius 1 is 1.50 bits per heavy atom. The molecule has 1 heterocycles. The van der Waals surface area contributed by atoms with Gasteiger partial charge in [0.2, 0.25) is 15.9 Å². The van der Waals surface area contributed by atoms with Crippen LogP contribution in [0.5, 0.6) is 0 Å². The Hall–Kier alpha value is -0.920. The predicted octanol–water partition coefficient (Wildman–Crippen LogP) is 1.65. The average Bonchev–Trinajstić information content (AvgIpc) is 2.88. The van der Waals surface area contributed by atoms with Crippen molar-refractivity contribution in [1.29, 1.82) is 0 Å². The SMILES string of the molecule is CCc1cc(Br)ccc1S(=O)(=O)N1CCCC1C(N)=O. The number of halogens is 1. The Bertz CT molecular complexity index is 631. The highest BCUT2D eigenvalue weighted by molar-refractivity contribution is 9.10. The summed E-state index contributed by atoms with van der Waals surface area (Å²) in [4.78, 5) is 11.7. The first-order valence-electron chi connectivity index (χ1n) is 6.47. The quantitative estimate of drug-likeness (QED) is 0.886. The second kappa shape index (κ2) is 5.83. The Balaban J connectivity index is 2.47. The second-order valence-electron chi connectivity index (χ2n) is 4.78. The van der Waals surface area contributed by atoms with E-state index in [9.17, 15) is 13.2 Å². The molecule has 0 spiro atoms. The number of carbonyl (C=O) groups excluding carboxylic acids is 1. The Morgan fingerprint density at radius 2 is 2.20 bits per heavy atom. The normalized spacial score (nSPS) is 20.2. The van der Waals surface area contributed by atoms with E-state index >= 15 is 0 Å². The van der Waals surface area contributed by atoms with Gasteiger partial charge in [0, 0.05) is 11.0 Å². The molecule has 20 heavy (non-hydrogen) atoms. The lowest BCUT2D eigenvalue weighted by Gasteiger charge is -2.23. The summed E-state index contributed by atoms with van der Waals surface area (Å²) in [7, 11) is -3.68. The second-order valence-corrected chi connectivity index (χ2v) is 7.56. The summed E-state index contributed by atoms with van der Waals surface area (Å²) in [6, 6.07) is 4.34. The van der Waals surface area contributed by atoms with Gasteiger partial charge in [0.1, 0.15) is 6.04 Å². The van der Waals surface area contributed by atoms with Gasteiger partial charge in [0.25, 0.3) is 0 Å². The molecular weight excluding hydrogens is 344 g/mol. The summed E-state index contributed by atoms with van der Waals surface area (Å²) >= 11 is 3.34. The van der Waals surface area contributed by atoms with Crippen LogP contribution >= 0.6 is 15.9 Å². The van der Waals surface area contributed by atoms with Gasteiger partial charge in [-0.05, 0) is 43.0 Å². The number of aryl methyl sites for hydroxylation is 1. The van der Waals surface area contributed by atoms with Gasteiger partial charge in [-0.2, -0.15) is 4.31 Å². The van der Waals surface area contributed by atoms with E-state index in [4.69, 9.17) is 5.73 Å². The van der Waals surface area contributed by atoms with Crippen LogP contribution in [0.25, 0.3) is 0 Å². The number of benzene rings is 1. The zero-order valence-electron chi connectivity index (χ0n) is 11.2. The molecule has 1 saturated heterocycles. The Labute approximate surface area is 127 Å². The molecule has 1 aliphatic heterocycles. The number of carbonyl (C=O) groups is 1. The van der Waals surface area contributed by atoms with E-state index in [1.165, 1.54) is 4.31 Å². The lowest BCUT2D eigenvalue weighted by Crippen LogP contribution is -2.43. The first-order valence-corrected chi connectivity index (χ1v) is 8.70. The topological polar surface area (TPSA) is 80.5 Å². The van der Waals surface area contributed by atoms with E-state index < -0.39 is 22.0 Å². The molecule has 2 N–H and O–H groups in total. The number of hydrogen-bond donors (Lipinski definition) is 1. The zero-order chi connectivity index (χ0) is 14.9. The maximum Gasteiger partial charge on any atom is 0.244 e. The van der Waals surface area contributed by atoms with E-state index in [1.54, 1.807) is 18.2 Å². The average molecular weight is 361 g/mol. The molecule has 110 valence electrons. The fourth-order valence-corrected chi connectivity index (χ4v) is 4.86. The molecule has 0 aromatic heterocycles. The molecule has 0 bridgehead atoms. The van der Waals surface area contributed by atoms with Crippen LogP contribution in [-0.2, 0) is 21.2 Å². The molecule has 7 heteroatoms. The van der Waals surface area contributed by atoms with Crippen molar-refractivity contribution in [2.24, 2.45) is 5.73 Å². The summed E-state index contributed by atoms with van der Waals surface area (Å²) < 4.78 is 27.6. The van der Waals surface area contributed by atoms with Crippen molar-refractivity contribution in [1.82, 2.24) is 4.31 Å². The molecular formula is C13H17BrN2O3S. The minimum atomic E-state index is -3.68. The molecule has 2 rings (SSSR count). The summed E-state index contributed by atoms with van der Waals surface area (Å²) in [5, 5.41) is 0. The van der Waals surface area contributed by atoms with Crippen molar-refractivity contribution < 1.29 is 13.2 Å². The predicted molar refractivity (Wildman–Crippen MR) is 79.6 cm³/mol. The first-order chi connectivity index (χ1) is 9.37. The fourth-order valence-electron chi connectivity index (χ4n) is 2.51. The van der Waals surface area contributed by atoms with Crippen molar-refractivity contribution >= 4 is 31.9 Å². The van der Waals surface area contributed by atoms with Crippen LogP contribution in [0.2, 0.25) is 0 Å². The number of primary amides is 1. The smallest absolute Gasteiger partial charge is 0.244 e. The summed E-state index contributed by atoms with van der Waals surface area (Å²) in [5.74, 6) is -0.582. The van der Waals surface area contributed by atoms with Crippen molar-refractivity contribution in [2.75, 3.05) is 6.54 Å². The van der Waals surface area contributed by atoms with Gasteiger partial charge in [-0.15, -0.1) is 0 Å². The minimum Gasteiger partial charge on any atom is -0.368 e. The highest BCUT2D eigenvalue weighted by Gasteiger charge is 2.39. The molecule has 0 saturated carbocycles. The number of amides is 1. The molecule has 1 amide bonds. The van der Waals surface area contributed by atoms with Crippen molar-refractivity contribution in [3.05, 3.63) is 28.2 Å². The summed E-state index contributed by atoms with van der Waals surface area (Å²) in [6.45, 7) is 2.24. The van der Waals surface area contributed by atoms with Crippen LogP contribution in [0.3, 0.4) is 0 Å². The van der Waals surface area contributed by atoms with Crippen molar-refractivity contribution in [2.45, 2.75) is 37.1 Å². The number of nitrogens with two attached hydrogens (primary N) is 1. The fraction of sp³-hybridized carbons (Fsp3) is 0.462. The van der Waals surface area contributed by atoms with Gasteiger partial charge in [-0.1, -0.05) is 22.9 Å². The lowest BCUT2D eigenvalue weighted by molar-refractivity contribution is -0.121. The van der Waals surface area contributed by atoms with Gasteiger partial charge in [0.05, 0.1) is 4.90 Å². The Morgan fingerprint density at radius 3 is 2.80 bits per heavy atom. The number of rotatable bonds is 4. The molecule has 1 unspecified atom stereocenters. The van der Waals surface area contributed by atoms with Gasteiger partial charge in [0.15, 0.2) is 0 Å². The summed E-state index contributed by atoms with van der Waals surface area (Å²) in [6.07, 6.45) is 1.75. The van der Waals surface area contributed by atoms with Crippen molar-refractivity contribution in [3.63, 3.8) is 0 Å². The number of sulfonamides is 1. The highest BCUT2D eigenvalue weighted by atomic mass is 79.9. The third-order valence-electron chi connectivity index (χ3n) is 3.52. The van der Waals surface area contributed by atoms with Crippen LogP contribution in [0.4, 0.5) is 0 Å². The van der Waals surface area contributed by atoms with E-state index in [0.717, 1.165) is 10.0 Å². The van der Waals surface area contributed by atoms with E-state index in [-0.39, 0.29) is 4.90 Å². The van der Waals surface area contributed by atoms with Crippen molar-refractivity contribution in [3.8, 4) is 0 Å². The van der Waals surface area contributed by atoms with Gasteiger partial charge >= 0.3 is 0 Å². The molecule has 1 fully saturated rings. The van der Waals surface area contributed by atoms with Crippen LogP contribution < -0.4 is 5.73 Å². The zero-order valence-corrected chi connectivity index (χ0v) is 13.6. The van der Waals surface area contributed by atoms with E-state index in [2.05, 4.69) is 15.9 Å². The first kappa shape index (κ1) is 15.5. The third kappa shape index (κ3) is 2.75.